The standard InChI is InChI=1S/C6H12O3S2.C2H6S.CH4O/c1-11(7,8)10-6-4-2-3-5-9-6;1-2-3;1-2/h6H,2-5H2,1H3;3H,2H2,1H3;2H,1H3. The van der Waals surface area contributed by atoms with Gasteiger partial charge in [-0.2, -0.15) is 12.6 Å². The van der Waals surface area contributed by atoms with Crippen LogP contribution in [0.1, 0.15) is 26.2 Å². The van der Waals surface area contributed by atoms with E-state index in [2.05, 4.69) is 12.6 Å². The van der Waals surface area contributed by atoms with Gasteiger partial charge < -0.3 is 9.84 Å². The van der Waals surface area contributed by atoms with E-state index in [1.54, 1.807) is 0 Å². The van der Waals surface area contributed by atoms with Crippen LogP contribution < -0.4 is 0 Å². The van der Waals surface area contributed by atoms with Gasteiger partial charge in [-0.15, -0.1) is 0 Å². The van der Waals surface area contributed by atoms with Crippen molar-refractivity contribution < 1.29 is 18.3 Å². The quantitative estimate of drug-likeness (QED) is 0.599. The van der Waals surface area contributed by atoms with Crippen molar-refractivity contribution in [2.45, 2.75) is 31.6 Å². The van der Waals surface area contributed by atoms with Crippen molar-refractivity contribution in [3.8, 4) is 0 Å². The highest BCUT2D eigenvalue weighted by atomic mass is 33.1. The fraction of sp³-hybridized carbons (Fsp3) is 1.00. The minimum atomic E-state index is -2.93. The summed E-state index contributed by atoms with van der Waals surface area (Å²) in [5, 5.41) is 7.00. The molecule has 0 radical (unpaired) electrons. The zero-order chi connectivity index (χ0) is 13.0. The van der Waals surface area contributed by atoms with E-state index >= 15 is 0 Å². The third-order valence-electron chi connectivity index (χ3n) is 1.42. The molecule has 7 heteroatoms. The monoisotopic (exact) mass is 290 g/mol. The molecule has 1 aliphatic heterocycles. The van der Waals surface area contributed by atoms with Crippen LogP contribution in [0.15, 0.2) is 0 Å². The summed E-state index contributed by atoms with van der Waals surface area (Å²) in [5.74, 6) is 0.944. The van der Waals surface area contributed by atoms with Gasteiger partial charge in [0.05, 0.1) is 0 Å². The first-order chi connectivity index (χ1) is 7.49. The Labute approximate surface area is 108 Å². The summed E-state index contributed by atoms with van der Waals surface area (Å²) in [4.78, 5) is 0. The van der Waals surface area contributed by atoms with E-state index in [0.717, 1.165) is 42.9 Å². The fourth-order valence-corrected chi connectivity index (χ4v) is 3.41. The Bertz CT molecular complexity index is 223. The first-order valence-electron chi connectivity index (χ1n) is 5.05. The maximum Gasteiger partial charge on any atom is 0.201 e. The highest BCUT2D eigenvalue weighted by Crippen LogP contribution is 2.26. The second kappa shape index (κ2) is 12.0. The van der Waals surface area contributed by atoms with Gasteiger partial charge in [-0.05, 0) is 35.8 Å². The summed E-state index contributed by atoms with van der Waals surface area (Å²) in [6.07, 6.45) is 4.21. The molecule has 1 rings (SSSR count). The van der Waals surface area contributed by atoms with E-state index in [1.807, 2.05) is 6.92 Å². The molecule has 1 aliphatic rings. The third-order valence-corrected chi connectivity index (χ3v) is 4.05. The molecule has 0 saturated carbocycles. The molecule has 16 heavy (non-hydrogen) atoms. The maximum absolute atomic E-state index is 10.8. The largest absolute Gasteiger partial charge is 0.400 e. The predicted molar refractivity (Wildman–Crippen MR) is 73.7 cm³/mol. The topological polar surface area (TPSA) is 63.6 Å². The number of ether oxygens (including phenoxy) is 1. The van der Waals surface area contributed by atoms with E-state index in [1.165, 1.54) is 6.26 Å². The zero-order valence-electron chi connectivity index (χ0n) is 10.0. The minimum absolute atomic E-state index is 0.126. The van der Waals surface area contributed by atoms with Gasteiger partial charge in [0.2, 0.25) is 8.87 Å². The van der Waals surface area contributed by atoms with Crippen molar-refractivity contribution >= 4 is 32.3 Å². The molecule has 1 saturated heterocycles. The molecular formula is C9H22O4S3. The smallest absolute Gasteiger partial charge is 0.201 e. The minimum Gasteiger partial charge on any atom is -0.400 e. The summed E-state index contributed by atoms with van der Waals surface area (Å²) in [6.45, 7) is 2.69. The number of aliphatic hydroxyl groups excluding tert-OH is 1. The fourth-order valence-electron chi connectivity index (χ4n) is 0.982. The van der Waals surface area contributed by atoms with Crippen molar-refractivity contribution in [1.29, 1.82) is 0 Å². The van der Waals surface area contributed by atoms with Crippen LogP contribution in [0.5, 0.6) is 0 Å². The molecule has 1 heterocycles. The van der Waals surface area contributed by atoms with Crippen LogP contribution in [0.4, 0.5) is 0 Å². The molecule has 1 fully saturated rings. The van der Waals surface area contributed by atoms with Gasteiger partial charge in [-0.1, -0.05) is 6.92 Å². The van der Waals surface area contributed by atoms with Gasteiger partial charge in [-0.3, -0.25) is 0 Å². The molecule has 0 amide bonds. The van der Waals surface area contributed by atoms with Gasteiger partial charge in [0.15, 0.2) is 0 Å². The Balaban J connectivity index is 0. The lowest BCUT2D eigenvalue weighted by atomic mass is 10.2. The Morgan fingerprint density at radius 2 is 1.94 bits per heavy atom. The number of hydrogen-bond acceptors (Lipinski definition) is 6. The van der Waals surface area contributed by atoms with Crippen molar-refractivity contribution in [2.75, 3.05) is 25.7 Å². The molecule has 1 unspecified atom stereocenters. The highest BCUT2D eigenvalue weighted by Gasteiger charge is 2.19. The average Bonchev–Trinajstić information content (AvgIpc) is 2.21. The zero-order valence-corrected chi connectivity index (χ0v) is 12.6. The number of rotatable bonds is 2. The van der Waals surface area contributed by atoms with E-state index < -0.39 is 8.87 Å². The van der Waals surface area contributed by atoms with Gasteiger partial charge in [0.1, 0.15) is 5.44 Å². The van der Waals surface area contributed by atoms with Crippen molar-refractivity contribution in [3.63, 3.8) is 0 Å². The van der Waals surface area contributed by atoms with E-state index in [0.29, 0.717) is 6.61 Å². The highest BCUT2D eigenvalue weighted by molar-refractivity contribution is 8.72. The lowest BCUT2D eigenvalue weighted by molar-refractivity contribution is 0.0737. The molecule has 1 N–H and O–H groups in total. The second-order valence-electron chi connectivity index (χ2n) is 2.91. The first kappa shape index (κ1) is 18.9. The lowest BCUT2D eigenvalue weighted by Gasteiger charge is -2.20. The van der Waals surface area contributed by atoms with Crippen LogP contribution in [-0.4, -0.2) is 44.7 Å². The van der Waals surface area contributed by atoms with Gasteiger partial charge >= 0.3 is 0 Å². The first-order valence-corrected chi connectivity index (χ1v) is 8.97. The molecule has 0 aromatic rings. The number of thiol groups is 1. The van der Waals surface area contributed by atoms with Crippen molar-refractivity contribution in [1.82, 2.24) is 0 Å². The van der Waals surface area contributed by atoms with Crippen LogP contribution in [-0.2, 0) is 13.6 Å². The van der Waals surface area contributed by atoms with E-state index in [-0.39, 0.29) is 5.44 Å². The summed E-state index contributed by atoms with van der Waals surface area (Å²) in [5.41, 5.74) is -0.126. The molecule has 0 aliphatic carbocycles. The van der Waals surface area contributed by atoms with Crippen molar-refractivity contribution in [3.05, 3.63) is 0 Å². The summed E-state index contributed by atoms with van der Waals surface area (Å²) >= 11 is 3.79. The number of aliphatic hydroxyl groups is 1. The summed E-state index contributed by atoms with van der Waals surface area (Å²) in [6, 6.07) is 0. The van der Waals surface area contributed by atoms with Crippen LogP contribution in [0.25, 0.3) is 0 Å². The Morgan fingerprint density at radius 3 is 2.25 bits per heavy atom. The van der Waals surface area contributed by atoms with Crippen molar-refractivity contribution in [2.24, 2.45) is 0 Å². The van der Waals surface area contributed by atoms with E-state index in [9.17, 15) is 8.42 Å². The Hall–Kier alpha value is 0.570. The van der Waals surface area contributed by atoms with Gasteiger partial charge in [0, 0.05) is 20.0 Å². The Morgan fingerprint density at radius 1 is 1.44 bits per heavy atom. The molecule has 1 atom stereocenters. The van der Waals surface area contributed by atoms with Crippen LogP contribution >= 0.6 is 23.4 Å². The van der Waals surface area contributed by atoms with Gasteiger partial charge in [0.25, 0.3) is 0 Å². The molecule has 0 aromatic carbocycles. The Kier molecular flexibility index (Phi) is 14.2. The van der Waals surface area contributed by atoms with Crippen LogP contribution in [0, 0.1) is 0 Å². The van der Waals surface area contributed by atoms with Crippen LogP contribution in [0.2, 0.25) is 0 Å². The number of hydrogen-bond donors (Lipinski definition) is 2. The molecule has 0 bridgehead atoms. The molecule has 100 valence electrons. The SMILES string of the molecule is CCS.CO.CS(=O)(=O)SC1CCCCO1. The molecule has 0 spiro atoms. The second-order valence-corrected chi connectivity index (χ2v) is 8.07. The third kappa shape index (κ3) is 14.6. The van der Waals surface area contributed by atoms with E-state index in [4.69, 9.17) is 9.84 Å². The normalized spacial score (nSPS) is 19.9. The summed E-state index contributed by atoms with van der Waals surface area (Å²) < 4.78 is 26.8. The molecule has 0 aromatic heterocycles. The predicted octanol–water partition coefficient (Wildman–Crippen LogP) is 1.75. The van der Waals surface area contributed by atoms with Gasteiger partial charge in [-0.25, -0.2) is 8.42 Å². The molecule has 4 nitrogen and oxygen atoms in total. The average molecular weight is 290 g/mol. The lowest BCUT2D eigenvalue weighted by Crippen LogP contribution is -2.16. The summed E-state index contributed by atoms with van der Waals surface area (Å²) in [7, 11) is -1.00. The maximum atomic E-state index is 10.8. The molecular weight excluding hydrogens is 268 g/mol. The van der Waals surface area contributed by atoms with Crippen LogP contribution in [0.3, 0.4) is 0 Å².